The van der Waals surface area contributed by atoms with Crippen LogP contribution in [0.3, 0.4) is 0 Å². The second-order valence-corrected chi connectivity index (χ2v) is 9.58. The predicted molar refractivity (Wildman–Crippen MR) is 132 cm³/mol. The van der Waals surface area contributed by atoms with Crippen LogP contribution in [0.5, 0.6) is 0 Å². The summed E-state index contributed by atoms with van der Waals surface area (Å²) in [5.74, 6) is -0.878. The fourth-order valence-electron chi connectivity index (χ4n) is 4.91. The lowest BCUT2D eigenvalue weighted by Gasteiger charge is -2.35. The molecule has 0 aromatic heterocycles. The number of carboxylic acids is 1. The number of benzene rings is 2. The number of hydrogen-bond acceptors (Lipinski definition) is 5. The predicted octanol–water partition coefficient (Wildman–Crippen LogP) is 3.17. The van der Waals surface area contributed by atoms with Crippen molar-refractivity contribution in [2.45, 2.75) is 32.2 Å². The van der Waals surface area contributed by atoms with E-state index in [0.29, 0.717) is 26.2 Å². The van der Waals surface area contributed by atoms with Gasteiger partial charge < -0.3 is 20.1 Å². The Morgan fingerprint density at radius 2 is 1.54 bits per heavy atom. The summed E-state index contributed by atoms with van der Waals surface area (Å²) in [6.07, 6.45) is -0.342. The normalized spacial score (nSPS) is 16.5. The summed E-state index contributed by atoms with van der Waals surface area (Å²) in [5.41, 5.74) is 4.65. The van der Waals surface area contributed by atoms with Gasteiger partial charge in [0.2, 0.25) is 5.91 Å². The molecule has 2 amide bonds. The highest BCUT2D eigenvalue weighted by atomic mass is 16.5. The van der Waals surface area contributed by atoms with Crippen molar-refractivity contribution in [2.75, 3.05) is 39.3 Å². The zero-order valence-corrected chi connectivity index (χ0v) is 20.3. The van der Waals surface area contributed by atoms with Gasteiger partial charge in [0, 0.05) is 44.6 Å². The minimum atomic E-state index is -0.864. The molecular weight excluding hydrogens is 446 g/mol. The van der Waals surface area contributed by atoms with Gasteiger partial charge in [-0.15, -0.1) is 0 Å². The van der Waals surface area contributed by atoms with E-state index < -0.39 is 12.1 Å². The molecule has 186 valence electrons. The van der Waals surface area contributed by atoms with E-state index >= 15 is 0 Å². The summed E-state index contributed by atoms with van der Waals surface area (Å²) in [5, 5.41) is 11.8. The van der Waals surface area contributed by atoms with Gasteiger partial charge in [0.15, 0.2) is 0 Å². The van der Waals surface area contributed by atoms with E-state index in [9.17, 15) is 14.4 Å². The molecule has 1 heterocycles. The van der Waals surface area contributed by atoms with E-state index in [0.717, 1.165) is 11.1 Å². The maximum Gasteiger partial charge on any atom is 0.407 e. The number of piperazine rings is 1. The van der Waals surface area contributed by atoms with Crippen LogP contribution >= 0.6 is 0 Å². The summed E-state index contributed by atoms with van der Waals surface area (Å²) in [7, 11) is 0. The Morgan fingerprint density at radius 1 is 0.971 bits per heavy atom. The molecule has 2 N–H and O–H groups in total. The van der Waals surface area contributed by atoms with Gasteiger partial charge in [0.05, 0.1) is 6.54 Å². The molecule has 0 radical (unpaired) electrons. The van der Waals surface area contributed by atoms with Crippen LogP contribution in [0, 0.1) is 5.92 Å². The van der Waals surface area contributed by atoms with Crippen molar-refractivity contribution < 1.29 is 24.2 Å². The van der Waals surface area contributed by atoms with Gasteiger partial charge in [-0.25, -0.2) is 4.79 Å². The first-order valence-corrected chi connectivity index (χ1v) is 12.2. The van der Waals surface area contributed by atoms with Gasteiger partial charge in [-0.05, 0) is 28.2 Å². The smallest absolute Gasteiger partial charge is 0.407 e. The number of carbonyl (C=O) groups excluding carboxylic acids is 2. The number of ether oxygens (including phenoxy) is 1. The first kappa shape index (κ1) is 24.7. The lowest BCUT2D eigenvalue weighted by Crippen LogP contribution is -2.51. The van der Waals surface area contributed by atoms with Crippen molar-refractivity contribution in [2.24, 2.45) is 5.92 Å². The Labute approximate surface area is 205 Å². The maximum atomic E-state index is 12.9. The number of fused-ring (bicyclic) bond motifs is 3. The topological polar surface area (TPSA) is 99.2 Å². The molecule has 1 aliphatic carbocycles. The van der Waals surface area contributed by atoms with Crippen molar-refractivity contribution in [1.82, 2.24) is 15.1 Å². The summed E-state index contributed by atoms with van der Waals surface area (Å²) in [6.45, 7) is 6.18. The molecule has 4 rings (SSSR count). The number of nitrogens with one attached hydrogen (secondary N) is 1. The monoisotopic (exact) mass is 479 g/mol. The van der Waals surface area contributed by atoms with E-state index in [4.69, 9.17) is 9.84 Å². The Morgan fingerprint density at radius 3 is 2.09 bits per heavy atom. The average Bonchev–Trinajstić information content (AvgIpc) is 3.16. The van der Waals surface area contributed by atoms with E-state index in [2.05, 4.69) is 29.6 Å². The second kappa shape index (κ2) is 10.9. The summed E-state index contributed by atoms with van der Waals surface area (Å²) < 4.78 is 5.66. The van der Waals surface area contributed by atoms with Crippen LogP contribution in [0.25, 0.3) is 11.1 Å². The molecule has 8 heteroatoms. The highest BCUT2D eigenvalue weighted by molar-refractivity contribution is 5.80. The Bertz CT molecular complexity index is 1030. The summed E-state index contributed by atoms with van der Waals surface area (Å²) in [6, 6.07) is 16.0. The second-order valence-electron chi connectivity index (χ2n) is 9.58. The van der Waals surface area contributed by atoms with Crippen LogP contribution in [-0.4, -0.2) is 78.2 Å². The molecule has 0 bridgehead atoms. The van der Waals surface area contributed by atoms with Crippen LogP contribution in [-0.2, 0) is 14.3 Å². The van der Waals surface area contributed by atoms with Crippen molar-refractivity contribution in [1.29, 1.82) is 0 Å². The van der Waals surface area contributed by atoms with Gasteiger partial charge in [0.25, 0.3) is 0 Å². The van der Waals surface area contributed by atoms with Crippen LogP contribution in [0.1, 0.15) is 37.3 Å². The van der Waals surface area contributed by atoms with Crippen molar-refractivity contribution in [3.63, 3.8) is 0 Å². The first-order valence-electron chi connectivity index (χ1n) is 12.2. The maximum absolute atomic E-state index is 12.9. The summed E-state index contributed by atoms with van der Waals surface area (Å²) in [4.78, 5) is 40.0. The SMILES string of the molecule is CC(C)[C@@H](CC(=O)N1CCN(CC(=O)O)CC1)NC(=O)OCC1c2ccccc2-c2ccccc21. The molecule has 8 nitrogen and oxygen atoms in total. The lowest BCUT2D eigenvalue weighted by atomic mass is 9.98. The Kier molecular flexibility index (Phi) is 7.70. The Hall–Kier alpha value is -3.39. The fourth-order valence-corrected chi connectivity index (χ4v) is 4.91. The first-order chi connectivity index (χ1) is 16.8. The lowest BCUT2D eigenvalue weighted by molar-refractivity contribution is -0.139. The number of alkyl carbamates (subject to hydrolysis) is 1. The standard InChI is InChI=1S/C27H33N3O5/c1-18(2)24(15-25(31)30-13-11-29(12-14-30)16-26(32)33)28-27(34)35-17-23-21-9-5-3-7-19(21)20-8-4-6-10-22(20)23/h3-10,18,23-24H,11-17H2,1-2H3,(H,28,34)(H,32,33)/t24-/m1/s1. The van der Waals surface area contributed by atoms with Crippen molar-refractivity contribution >= 4 is 18.0 Å². The number of rotatable bonds is 8. The third kappa shape index (κ3) is 5.82. The number of carboxylic acid groups (broad SMARTS) is 1. The molecule has 1 fully saturated rings. The number of aliphatic carboxylic acids is 1. The molecule has 2 aromatic carbocycles. The van der Waals surface area contributed by atoms with Crippen LogP contribution in [0.2, 0.25) is 0 Å². The molecule has 0 spiro atoms. The largest absolute Gasteiger partial charge is 0.480 e. The zero-order chi connectivity index (χ0) is 24.9. The zero-order valence-electron chi connectivity index (χ0n) is 20.3. The highest BCUT2D eigenvalue weighted by Crippen LogP contribution is 2.44. The van der Waals surface area contributed by atoms with Crippen LogP contribution < -0.4 is 5.32 Å². The number of carbonyl (C=O) groups is 3. The van der Waals surface area contributed by atoms with Gasteiger partial charge in [-0.1, -0.05) is 62.4 Å². The Balaban J connectivity index is 1.31. The van der Waals surface area contributed by atoms with E-state index in [1.807, 2.05) is 43.0 Å². The van der Waals surface area contributed by atoms with Gasteiger partial charge in [-0.2, -0.15) is 0 Å². The van der Waals surface area contributed by atoms with Crippen LogP contribution in [0.4, 0.5) is 4.79 Å². The van der Waals surface area contributed by atoms with Gasteiger partial charge in [0.1, 0.15) is 6.61 Å². The fraction of sp³-hybridized carbons (Fsp3) is 0.444. The molecule has 0 unspecified atom stereocenters. The van der Waals surface area contributed by atoms with Gasteiger partial charge >= 0.3 is 12.1 Å². The molecule has 0 saturated carbocycles. The van der Waals surface area contributed by atoms with E-state index in [-0.39, 0.29) is 43.4 Å². The number of nitrogens with zero attached hydrogens (tertiary/aromatic N) is 2. The molecule has 2 aliphatic rings. The minimum Gasteiger partial charge on any atom is -0.480 e. The third-order valence-electron chi connectivity index (χ3n) is 6.93. The van der Waals surface area contributed by atoms with Crippen molar-refractivity contribution in [3.05, 3.63) is 59.7 Å². The summed E-state index contributed by atoms with van der Waals surface area (Å²) >= 11 is 0. The third-order valence-corrected chi connectivity index (χ3v) is 6.93. The highest BCUT2D eigenvalue weighted by Gasteiger charge is 2.30. The number of amides is 2. The quantitative estimate of drug-likeness (QED) is 0.604. The average molecular weight is 480 g/mol. The molecule has 1 saturated heterocycles. The molecule has 1 aliphatic heterocycles. The van der Waals surface area contributed by atoms with Gasteiger partial charge in [-0.3, -0.25) is 14.5 Å². The van der Waals surface area contributed by atoms with Crippen molar-refractivity contribution in [3.8, 4) is 11.1 Å². The van der Waals surface area contributed by atoms with E-state index in [1.165, 1.54) is 11.1 Å². The molecule has 35 heavy (non-hydrogen) atoms. The molecule has 1 atom stereocenters. The minimum absolute atomic E-state index is 0.0139. The van der Waals surface area contributed by atoms with Crippen LogP contribution in [0.15, 0.2) is 48.5 Å². The molecular formula is C27H33N3O5. The molecule has 2 aromatic rings. The number of hydrogen-bond donors (Lipinski definition) is 2. The van der Waals surface area contributed by atoms with E-state index in [1.54, 1.807) is 4.90 Å².